The van der Waals surface area contributed by atoms with Crippen molar-refractivity contribution in [2.24, 2.45) is 13.0 Å². The van der Waals surface area contributed by atoms with Crippen LogP contribution in [0.4, 0.5) is 5.82 Å². The number of aromatic nitrogens is 2. The molecule has 1 fully saturated rings. The predicted molar refractivity (Wildman–Crippen MR) is 67.7 cm³/mol. The van der Waals surface area contributed by atoms with Gasteiger partial charge in [0.2, 0.25) is 0 Å². The van der Waals surface area contributed by atoms with Crippen molar-refractivity contribution in [2.75, 3.05) is 5.32 Å². The van der Waals surface area contributed by atoms with Crippen LogP contribution < -0.4 is 5.32 Å². The molecule has 1 aliphatic rings. The molecule has 0 radical (unpaired) electrons. The fourth-order valence-corrected chi connectivity index (χ4v) is 2.75. The molecule has 0 bridgehead atoms. The molecule has 0 saturated heterocycles. The summed E-state index contributed by atoms with van der Waals surface area (Å²) < 4.78 is 1.78. The fraction of sp³-hybridized carbons (Fsp3) is 0.692. The Morgan fingerprint density at radius 1 is 1.47 bits per heavy atom. The largest absolute Gasteiger partial charge is 0.366 e. The van der Waals surface area contributed by atoms with Crippen molar-refractivity contribution in [3.05, 3.63) is 11.3 Å². The second kappa shape index (κ2) is 4.79. The first-order chi connectivity index (χ1) is 8.13. The maximum Gasteiger partial charge on any atom is 0.142 e. The summed E-state index contributed by atoms with van der Waals surface area (Å²) in [4.78, 5) is 0. The van der Waals surface area contributed by atoms with E-state index >= 15 is 0 Å². The van der Waals surface area contributed by atoms with E-state index in [1.807, 2.05) is 14.0 Å². The molecule has 1 N–H and O–H groups in total. The summed E-state index contributed by atoms with van der Waals surface area (Å²) >= 11 is 0. The summed E-state index contributed by atoms with van der Waals surface area (Å²) in [5, 5.41) is 16.9. The van der Waals surface area contributed by atoms with Crippen LogP contribution in [0.3, 0.4) is 0 Å². The van der Waals surface area contributed by atoms with E-state index in [-0.39, 0.29) is 0 Å². The van der Waals surface area contributed by atoms with E-state index in [9.17, 15) is 0 Å². The maximum absolute atomic E-state index is 9.15. The van der Waals surface area contributed by atoms with Gasteiger partial charge in [-0.3, -0.25) is 4.68 Å². The highest BCUT2D eigenvalue weighted by molar-refractivity contribution is 5.55. The molecule has 1 atom stereocenters. The fourth-order valence-electron chi connectivity index (χ4n) is 2.75. The average Bonchev–Trinajstić information content (AvgIpc) is 2.88. The third-order valence-corrected chi connectivity index (χ3v) is 3.81. The highest BCUT2D eigenvalue weighted by atomic mass is 15.3. The van der Waals surface area contributed by atoms with E-state index < -0.39 is 0 Å². The van der Waals surface area contributed by atoms with Gasteiger partial charge in [-0.15, -0.1) is 0 Å². The summed E-state index contributed by atoms with van der Waals surface area (Å²) in [6, 6.07) is 2.65. The molecule has 1 aromatic rings. The van der Waals surface area contributed by atoms with E-state index in [1.165, 1.54) is 25.7 Å². The lowest BCUT2D eigenvalue weighted by molar-refractivity contribution is 0.479. The van der Waals surface area contributed by atoms with Crippen molar-refractivity contribution in [2.45, 2.75) is 45.6 Å². The Hall–Kier alpha value is -1.50. The number of nitriles is 1. The van der Waals surface area contributed by atoms with Gasteiger partial charge in [0.1, 0.15) is 17.5 Å². The van der Waals surface area contributed by atoms with Gasteiger partial charge in [0.15, 0.2) is 0 Å². The van der Waals surface area contributed by atoms with Gasteiger partial charge < -0.3 is 5.32 Å². The Labute approximate surface area is 103 Å². The standard InChI is InChI=1S/C13H20N4/c1-9(11-6-4-5-7-11)15-13-12(8-14)10(2)16-17(13)3/h9,11,15H,4-7H2,1-3H3. The molecule has 4 nitrogen and oxygen atoms in total. The molecule has 0 aliphatic heterocycles. The zero-order valence-corrected chi connectivity index (χ0v) is 10.8. The van der Waals surface area contributed by atoms with Gasteiger partial charge in [0, 0.05) is 13.1 Å². The molecule has 2 rings (SSSR count). The van der Waals surface area contributed by atoms with E-state index in [1.54, 1.807) is 4.68 Å². The molecule has 0 aromatic carbocycles. The normalized spacial score (nSPS) is 18.0. The van der Waals surface area contributed by atoms with Crippen LogP contribution in [0, 0.1) is 24.2 Å². The summed E-state index contributed by atoms with van der Waals surface area (Å²) in [5.74, 6) is 1.60. The monoisotopic (exact) mass is 232 g/mol. The maximum atomic E-state index is 9.15. The number of anilines is 1. The summed E-state index contributed by atoms with van der Waals surface area (Å²) in [7, 11) is 1.89. The second-order valence-electron chi connectivity index (χ2n) is 5.02. The zero-order chi connectivity index (χ0) is 12.4. The number of hydrogen-bond acceptors (Lipinski definition) is 3. The van der Waals surface area contributed by atoms with Crippen molar-refractivity contribution in [1.29, 1.82) is 5.26 Å². The first-order valence-electron chi connectivity index (χ1n) is 6.33. The number of hydrogen-bond donors (Lipinski definition) is 1. The molecule has 1 aromatic heterocycles. The number of nitrogens with one attached hydrogen (secondary N) is 1. The van der Waals surface area contributed by atoms with Gasteiger partial charge in [0.05, 0.1) is 5.69 Å². The first kappa shape index (κ1) is 12.0. The summed E-state index contributed by atoms with van der Waals surface area (Å²) in [5.41, 5.74) is 1.48. The lowest BCUT2D eigenvalue weighted by Gasteiger charge is -2.21. The van der Waals surface area contributed by atoms with E-state index in [2.05, 4.69) is 23.4 Å². The quantitative estimate of drug-likeness (QED) is 0.871. The van der Waals surface area contributed by atoms with Crippen LogP contribution >= 0.6 is 0 Å². The summed E-state index contributed by atoms with van der Waals surface area (Å²) in [6.45, 7) is 4.09. The Bertz CT molecular complexity index is 435. The molecule has 0 spiro atoms. The Morgan fingerprint density at radius 3 is 2.71 bits per heavy atom. The van der Waals surface area contributed by atoms with Crippen LogP contribution in [0.1, 0.15) is 43.9 Å². The van der Waals surface area contributed by atoms with Crippen molar-refractivity contribution in [1.82, 2.24) is 9.78 Å². The van der Waals surface area contributed by atoms with Crippen LogP contribution in [-0.4, -0.2) is 15.8 Å². The minimum Gasteiger partial charge on any atom is -0.366 e. The van der Waals surface area contributed by atoms with Crippen molar-refractivity contribution >= 4 is 5.82 Å². The molecule has 92 valence electrons. The summed E-state index contributed by atoms with van der Waals surface area (Å²) in [6.07, 6.45) is 5.28. The molecular weight excluding hydrogens is 212 g/mol. The lowest BCUT2D eigenvalue weighted by Crippen LogP contribution is -2.25. The van der Waals surface area contributed by atoms with Gasteiger partial charge in [-0.2, -0.15) is 10.4 Å². The van der Waals surface area contributed by atoms with E-state index in [0.29, 0.717) is 11.6 Å². The first-order valence-corrected chi connectivity index (χ1v) is 6.33. The predicted octanol–water partition coefficient (Wildman–Crippen LogP) is 2.59. The van der Waals surface area contributed by atoms with Gasteiger partial charge in [-0.05, 0) is 32.6 Å². The SMILES string of the molecule is Cc1nn(C)c(NC(C)C2CCCC2)c1C#N. The van der Waals surface area contributed by atoms with Crippen LogP contribution in [0.2, 0.25) is 0 Å². The molecule has 1 saturated carbocycles. The Kier molecular flexibility index (Phi) is 3.37. The zero-order valence-electron chi connectivity index (χ0n) is 10.8. The minimum atomic E-state index is 0.416. The Balaban J connectivity index is 2.15. The van der Waals surface area contributed by atoms with Crippen molar-refractivity contribution in [3.63, 3.8) is 0 Å². The molecule has 17 heavy (non-hydrogen) atoms. The molecular formula is C13H20N4. The van der Waals surface area contributed by atoms with Gasteiger partial charge in [-0.1, -0.05) is 12.8 Å². The Morgan fingerprint density at radius 2 is 2.12 bits per heavy atom. The highest BCUT2D eigenvalue weighted by Gasteiger charge is 2.23. The highest BCUT2D eigenvalue weighted by Crippen LogP contribution is 2.30. The lowest BCUT2D eigenvalue weighted by atomic mass is 10.00. The smallest absolute Gasteiger partial charge is 0.142 e. The van der Waals surface area contributed by atoms with Crippen LogP contribution in [0.25, 0.3) is 0 Å². The molecule has 1 unspecified atom stereocenters. The topological polar surface area (TPSA) is 53.6 Å². The van der Waals surface area contributed by atoms with Gasteiger partial charge in [0.25, 0.3) is 0 Å². The van der Waals surface area contributed by atoms with Crippen molar-refractivity contribution < 1.29 is 0 Å². The number of nitrogens with zero attached hydrogens (tertiary/aromatic N) is 3. The minimum absolute atomic E-state index is 0.416. The molecule has 4 heteroatoms. The van der Waals surface area contributed by atoms with Crippen LogP contribution in [-0.2, 0) is 7.05 Å². The number of rotatable bonds is 3. The third-order valence-electron chi connectivity index (χ3n) is 3.81. The van der Waals surface area contributed by atoms with E-state index in [0.717, 1.165) is 17.4 Å². The van der Waals surface area contributed by atoms with E-state index in [4.69, 9.17) is 5.26 Å². The van der Waals surface area contributed by atoms with Gasteiger partial charge in [-0.25, -0.2) is 0 Å². The van der Waals surface area contributed by atoms with Crippen molar-refractivity contribution in [3.8, 4) is 6.07 Å². The third kappa shape index (κ3) is 2.28. The van der Waals surface area contributed by atoms with Crippen LogP contribution in [0.5, 0.6) is 0 Å². The second-order valence-corrected chi connectivity index (χ2v) is 5.02. The molecule has 0 amide bonds. The molecule has 1 heterocycles. The number of aryl methyl sites for hydroxylation is 2. The molecule has 1 aliphatic carbocycles. The van der Waals surface area contributed by atoms with Gasteiger partial charge >= 0.3 is 0 Å². The van der Waals surface area contributed by atoms with Crippen LogP contribution in [0.15, 0.2) is 0 Å². The average molecular weight is 232 g/mol.